The molecule has 0 aliphatic carbocycles. The molecule has 0 nitrogen and oxygen atoms in total. The summed E-state index contributed by atoms with van der Waals surface area (Å²) in [6.45, 7) is 15.3. The Morgan fingerprint density at radius 3 is 1.64 bits per heavy atom. The molecule has 3 heteroatoms. The first-order valence-corrected chi connectivity index (χ1v) is 11.7. The molecule has 0 amide bonds. The molecular weight excluding hydrogens is 347 g/mol. The van der Waals surface area contributed by atoms with E-state index in [0.29, 0.717) is 5.92 Å². The van der Waals surface area contributed by atoms with E-state index < -0.39 is 17.0 Å². The summed E-state index contributed by atoms with van der Waals surface area (Å²) in [6, 6.07) is 11.3. The molecule has 22 heavy (non-hydrogen) atoms. The van der Waals surface area contributed by atoms with E-state index in [9.17, 15) is 0 Å². The molecule has 0 atom stereocenters. The second kappa shape index (κ2) is 11.4. The molecule has 0 aliphatic heterocycles. The van der Waals surface area contributed by atoms with Crippen LogP contribution < -0.4 is 0 Å². The van der Waals surface area contributed by atoms with Crippen molar-refractivity contribution in [3.63, 3.8) is 0 Å². The zero-order valence-corrected chi connectivity index (χ0v) is 17.7. The average Bonchev–Trinajstić information content (AvgIpc) is 2.68. The van der Waals surface area contributed by atoms with Crippen molar-refractivity contribution >= 4 is 18.6 Å². The molecular formula is C19H26Cl2Ti-2. The summed E-state index contributed by atoms with van der Waals surface area (Å²) in [7, 11) is 9.78. The molecule has 122 valence electrons. The fraction of sp³-hybridized carbons (Fsp3) is 0.421. The van der Waals surface area contributed by atoms with Crippen LogP contribution in [0.4, 0.5) is 0 Å². The number of hydrogen-bond donors (Lipinski definition) is 0. The van der Waals surface area contributed by atoms with Crippen molar-refractivity contribution in [3.8, 4) is 0 Å². The van der Waals surface area contributed by atoms with E-state index in [4.69, 9.17) is 18.6 Å². The summed E-state index contributed by atoms with van der Waals surface area (Å²) in [6.07, 6.45) is 0. The first-order chi connectivity index (χ1) is 10.3. The van der Waals surface area contributed by atoms with Gasteiger partial charge < -0.3 is 0 Å². The summed E-state index contributed by atoms with van der Waals surface area (Å²) in [5.41, 5.74) is 8.63. The van der Waals surface area contributed by atoms with Gasteiger partial charge >= 0.3 is 35.6 Å². The molecule has 2 aromatic carbocycles. The van der Waals surface area contributed by atoms with Gasteiger partial charge in [0, 0.05) is 0 Å². The number of hydrogen-bond acceptors (Lipinski definition) is 0. The normalized spacial score (nSPS) is 9.55. The molecule has 0 saturated heterocycles. The predicted molar refractivity (Wildman–Crippen MR) is 96.8 cm³/mol. The predicted octanol–water partition coefficient (Wildman–Crippen LogP) is 6.93. The van der Waals surface area contributed by atoms with E-state index >= 15 is 0 Å². The van der Waals surface area contributed by atoms with Crippen molar-refractivity contribution in [1.29, 1.82) is 0 Å². The van der Waals surface area contributed by atoms with Crippen LogP contribution >= 0.6 is 18.6 Å². The second-order valence-electron chi connectivity index (χ2n) is 5.67. The summed E-state index contributed by atoms with van der Waals surface area (Å²) in [5.74, 6) is 0.603. The summed E-state index contributed by atoms with van der Waals surface area (Å²) < 4.78 is 0. The van der Waals surface area contributed by atoms with Gasteiger partial charge in [-0.1, -0.05) is 48.5 Å². The Bertz CT molecular complexity index is 462. The van der Waals surface area contributed by atoms with E-state index in [0.717, 1.165) is 0 Å². The van der Waals surface area contributed by atoms with Gasteiger partial charge in [0.05, 0.1) is 0 Å². The van der Waals surface area contributed by atoms with Crippen LogP contribution in [0.2, 0.25) is 0 Å². The Morgan fingerprint density at radius 1 is 1.00 bits per heavy atom. The maximum atomic E-state index is 4.89. The quantitative estimate of drug-likeness (QED) is 0.375. The third-order valence-corrected chi connectivity index (χ3v) is 4.17. The van der Waals surface area contributed by atoms with Crippen LogP contribution in [0.15, 0.2) is 24.3 Å². The minimum absolute atomic E-state index is 0.556. The Labute approximate surface area is 153 Å². The molecule has 0 fully saturated rings. The van der Waals surface area contributed by atoms with Gasteiger partial charge in [0.1, 0.15) is 0 Å². The van der Waals surface area contributed by atoms with Gasteiger partial charge in [-0.25, -0.2) is 0 Å². The summed E-state index contributed by atoms with van der Waals surface area (Å²) in [5, 5.41) is 0. The number of benzene rings is 1. The fourth-order valence-corrected chi connectivity index (χ4v) is 2.17. The van der Waals surface area contributed by atoms with Gasteiger partial charge in [-0.15, -0.1) is 0 Å². The Morgan fingerprint density at radius 2 is 1.45 bits per heavy atom. The molecule has 0 bridgehead atoms. The molecule has 0 aromatic heterocycles. The topological polar surface area (TPSA) is 0 Å². The molecule has 0 aliphatic rings. The van der Waals surface area contributed by atoms with Crippen molar-refractivity contribution in [3.05, 3.63) is 63.7 Å². The van der Waals surface area contributed by atoms with E-state index in [-0.39, 0.29) is 0 Å². The van der Waals surface area contributed by atoms with Gasteiger partial charge in [0.25, 0.3) is 0 Å². The Balaban J connectivity index is 0.000000342. The molecule has 2 aromatic rings. The van der Waals surface area contributed by atoms with Gasteiger partial charge in [-0.2, -0.15) is 63.7 Å². The zero-order chi connectivity index (χ0) is 17.3. The molecule has 0 heterocycles. The third-order valence-electron chi connectivity index (χ3n) is 4.17. The zero-order valence-electron chi connectivity index (χ0n) is 14.6. The third kappa shape index (κ3) is 6.96. The molecule has 0 saturated carbocycles. The maximum absolute atomic E-state index is 4.89. The molecule has 0 unspecified atom stereocenters. The van der Waals surface area contributed by atoms with Crippen LogP contribution in [0.3, 0.4) is 0 Å². The van der Waals surface area contributed by atoms with Gasteiger partial charge in [0.15, 0.2) is 0 Å². The molecule has 2 rings (SSSR count). The van der Waals surface area contributed by atoms with Crippen molar-refractivity contribution in [2.45, 2.75) is 54.4 Å². The number of rotatable bonds is 1. The second-order valence-corrected chi connectivity index (χ2v) is 8.25. The monoisotopic (exact) mass is 372 g/mol. The molecule has 0 radical (unpaired) electrons. The Kier molecular flexibility index (Phi) is 11.3. The van der Waals surface area contributed by atoms with Crippen molar-refractivity contribution in [2.75, 3.05) is 0 Å². The molecule has 0 N–H and O–H groups in total. The van der Waals surface area contributed by atoms with Crippen molar-refractivity contribution < 1.29 is 17.0 Å². The van der Waals surface area contributed by atoms with Crippen LogP contribution in [-0.2, 0) is 17.0 Å². The Hall–Kier alpha value is -0.136. The van der Waals surface area contributed by atoms with Crippen molar-refractivity contribution in [2.24, 2.45) is 0 Å². The first-order valence-electron chi connectivity index (χ1n) is 7.40. The van der Waals surface area contributed by atoms with E-state index in [1.54, 1.807) is 0 Å². The standard InChI is InChI=1S/C10H15.C9H11.2ClH.Ti/c1-6-7(2)9(4)10(5)8(6)3;1-8(2)9-6-4-3-5-7-9;;;/h1-5H3;3-6,8H,1-2H3;2*1H;/q2*-1;;;+2/p-2. The van der Waals surface area contributed by atoms with Crippen LogP contribution in [0, 0.1) is 40.7 Å². The van der Waals surface area contributed by atoms with Crippen molar-refractivity contribution in [1.82, 2.24) is 0 Å². The van der Waals surface area contributed by atoms with Crippen LogP contribution in [-0.4, -0.2) is 0 Å². The first kappa shape index (κ1) is 21.9. The van der Waals surface area contributed by atoms with E-state index in [2.05, 4.69) is 60.6 Å². The SMILES string of the molecule is CC(C)c1[c-]cccc1.Cc1c(C)c(C)[c-](C)c1C.[Cl][Ti][Cl]. The van der Waals surface area contributed by atoms with E-state index in [1.165, 1.54) is 33.4 Å². The average molecular weight is 373 g/mol. The van der Waals surface area contributed by atoms with Gasteiger partial charge in [0.2, 0.25) is 0 Å². The van der Waals surface area contributed by atoms with Gasteiger partial charge in [-0.05, 0) is 5.92 Å². The van der Waals surface area contributed by atoms with Crippen LogP contribution in [0.5, 0.6) is 0 Å². The summed E-state index contributed by atoms with van der Waals surface area (Å²) in [4.78, 5) is 0. The van der Waals surface area contributed by atoms with E-state index in [1.807, 2.05) is 18.2 Å². The van der Waals surface area contributed by atoms with Crippen LogP contribution in [0.1, 0.15) is 53.1 Å². The summed E-state index contributed by atoms with van der Waals surface area (Å²) >= 11 is -0.556. The molecule has 0 spiro atoms. The number of halogens is 2. The van der Waals surface area contributed by atoms with Crippen LogP contribution in [0.25, 0.3) is 0 Å². The minimum atomic E-state index is -0.556. The van der Waals surface area contributed by atoms with Gasteiger partial charge in [-0.3, -0.25) is 0 Å². The fourth-order valence-electron chi connectivity index (χ4n) is 2.17.